The normalized spacial score (nSPS) is 11.4. The first kappa shape index (κ1) is 19.1. The molecule has 0 spiro atoms. The van der Waals surface area contributed by atoms with Gasteiger partial charge in [-0.15, -0.1) is 0 Å². The van der Waals surface area contributed by atoms with E-state index >= 15 is 0 Å². The molecule has 2 heterocycles. The molecule has 0 amide bonds. The Kier molecular flexibility index (Phi) is 5.25. The number of nitrogens with zero attached hydrogens (tertiary/aromatic N) is 3. The van der Waals surface area contributed by atoms with Crippen molar-refractivity contribution in [2.45, 2.75) is 46.1 Å². The van der Waals surface area contributed by atoms with Gasteiger partial charge in [0.2, 0.25) is 0 Å². The average molecular weight is 388 g/mol. The minimum Gasteiger partial charge on any atom is -0.322 e. The van der Waals surface area contributed by atoms with Crippen LogP contribution in [0.25, 0.3) is 22.6 Å². The van der Waals surface area contributed by atoms with Crippen molar-refractivity contribution in [2.24, 2.45) is 0 Å². The summed E-state index contributed by atoms with van der Waals surface area (Å²) in [6.45, 7) is 4.86. The van der Waals surface area contributed by atoms with Gasteiger partial charge >= 0.3 is 5.69 Å². The Bertz CT molecular complexity index is 1260. The van der Waals surface area contributed by atoms with E-state index in [0.717, 1.165) is 36.7 Å². The molecular formula is C23H24N4O2. The predicted molar refractivity (Wildman–Crippen MR) is 115 cm³/mol. The molecule has 0 atom stereocenters. The number of fused-ring (bicyclic) bond motifs is 2. The van der Waals surface area contributed by atoms with E-state index in [1.165, 1.54) is 16.7 Å². The third kappa shape index (κ3) is 3.97. The summed E-state index contributed by atoms with van der Waals surface area (Å²) in [6.07, 6.45) is 3.76. The molecule has 1 N–H and O–H groups in total. The lowest BCUT2D eigenvalue weighted by Crippen LogP contribution is -2.29. The molecule has 4 rings (SSSR count). The van der Waals surface area contributed by atoms with E-state index in [1.807, 2.05) is 16.7 Å². The molecule has 2 aromatic carbocycles. The Morgan fingerprint density at radius 3 is 2.62 bits per heavy atom. The van der Waals surface area contributed by atoms with E-state index in [9.17, 15) is 9.59 Å². The molecule has 2 aliphatic rings. The summed E-state index contributed by atoms with van der Waals surface area (Å²) in [5.41, 5.74) is 4.42. The molecule has 0 saturated heterocycles. The van der Waals surface area contributed by atoms with E-state index in [-0.39, 0.29) is 5.69 Å². The molecular weight excluding hydrogens is 364 g/mol. The number of H-pyrrole nitrogens is 1. The Balaban J connectivity index is 1.78. The second-order valence-corrected chi connectivity index (χ2v) is 7.47. The second kappa shape index (κ2) is 7.99. The topological polar surface area (TPSA) is 80.6 Å². The number of hydrogen-bond donors (Lipinski definition) is 1. The molecule has 0 unspecified atom stereocenters. The minimum absolute atomic E-state index is 0.210. The van der Waals surface area contributed by atoms with Gasteiger partial charge in [0, 0.05) is 6.54 Å². The van der Waals surface area contributed by atoms with Gasteiger partial charge in [-0.3, -0.25) is 9.78 Å². The SMILES string of the molecule is CCCc1ccc2c(c1)nc1c(=O)[nH]c(=O)nc-1n2CCCc1cccc(C)c1. The van der Waals surface area contributed by atoms with Crippen LogP contribution in [-0.2, 0) is 19.4 Å². The van der Waals surface area contributed by atoms with E-state index in [0.29, 0.717) is 12.4 Å². The lowest BCUT2D eigenvalue weighted by atomic mass is 10.1. The monoisotopic (exact) mass is 388 g/mol. The standard InChI is InChI=1S/C23H24N4O2/c1-3-6-16-10-11-19-18(14-16)24-20-21(25-23(29)26-22(20)28)27(19)12-5-9-17-8-4-7-15(2)13-17/h4,7-8,10-11,13-14H,3,5-6,9,12H2,1-2H3,(H,26,28,29). The molecule has 2 aliphatic heterocycles. The van der Waals surface area contributed by atoms with Crippen LogP contribution in [0.2, 0.25) is 0 Å². The molecule has 0 aromatic heterocycles. The van der Waals surface area contributed by atoms with E-state index in [1.54, 1.807) is 0 Å². The van der Waals surface area contributed by atoms with Crippen molar-refractivity contribution >= 4 is 11.0 Å². The molecule has 29 heavy (non-hydrogen) atoms. The van der Waals surface area contributed by atoms with E-state index < -0.39 is 11.2 Å². The maximum absolute atomic E-state index is 12.4. The number of benzene rings is 2. The summed E-state index contributed by atoms with van der Waals surface area (Å²) >= 11 is 0. The molecule has 0 saturated carbocycles. The van der Waals surface area contributed by atoms with Crippen molar-refractivity contribution in [3.8, 4) is 11.5 Å². The van der Waals surface area contributed by atoms with Crippen LogP contribution in [0.5, 0.6) is 0 Å². The van der Waals surface area contributed by atoms with Crippen LogP contribution >= 0.6 is 0 Å². The van der Waals surface area contributed by atoms with Gasteiger partial charge in [-0.1, -0.05) is 49.2 Å². The predicted octanol–water partition coefficient (Wildman–Crippen LogP) is 3.48. The van der Waals surface area contributed by atoms with E-state index in [2.05, 4.69) is 59.1 Å². The molecule has 148 valence electrons. The molecule has 0 bridgehead atoms. The summed E-state index contributed by atoms with van der Waals surface area (Å²) < 4.78 is 1.96. The van der Waals surface area contributed by atoms with Crippen LogP contribution in [0.3, 0.4) is 0 Å². The smallest absolute Gasteiger partial charge is 0.322 e. The third-order valence-corrected chi connectivity index (χ3v) is 5.14. The van der Waals surface area contributed by atoms with Crippen molar-refractivity contribution in [2.75, 3.05) is 0 Å². The van der Waals surface area contributed by atoms with Gasteiger partial charge in [0.15, 0.2) is 11.5 Å². The zero-order chi connectivity index (χ0) is 20.4. The highest BCUT2D eigenvalue weighted by molar-refractivity contribution is 5.80. The zero-order valence-corrected chi connectivity index (χ0v) is 16.7. The van der Waals surface area contributed by atoms with Crippen LogP contribution < -0.4 is 11.2 Å². The first-order valence-corrected chi connectivity index (χ1v) is 10.0. The highest BCUT2D eigenvalue weighted by Gasteiger charge is 2.18. The van der Waals surface area contributed by atoms with Crippen LogP contribution in [0.4, 0.5) is 0 Å². The molecule has 2 aromatic rings. The van der Waals surface area contributed by atoms with Crippen molar-refractivity contribution in [1.82, 2.24) is 19.5 Å². The fraction of sp³-hybridized carbons (Fsp3) is 0.304. The van der Waals surface area contributed by atoms with Gasteiger partial charge in [-0.25, -0.2) is 9.78 Å². The largest absolute Gasteiger partial charge is 0.349 e. The lowest BCUT2D eigenvalue weighted by Gasteiger charge is -2.17. The first-order chi connectivity index (χ1) is 14.0. The van der Waals surface area contributed by atoms with Gasteiger partial charge in [-0.2, -0.15) is 4.98 Å². The van der Waals surface area contributed by atoms with Crippen molar-refractivity contribution < 1.29 is 0 Å². The van der Waals surface area contributed by atoms with Gasteiger partial charge in [-0.05, 0) is 49.4 Å². The number of aromatic amines is 1. The van der Waals surface area contributed by atoms with Crippen LogP contribution in [0.1, 0.15) is 36.5 Å². The number of nitrogens with one attached hydrogen (secondary N) is 1. The van der Waals surface area contributed by atoms with Gasteiger partial charge in [0.25, 0.3) is 5.56 Å². The highest BCUT2D eigenvalue weighted by Crippen LogP contribution is 2.23. The number of hydrogen-bond acceptors (Lipinski definition) is 4. The first-order valence-electron chi connectivity index (χ1n) is 10.0. The summed E-state index contributed by atoms with van der Waals surface area (Å²) in [6, 6.07) is 14.6. The molecule has 0 fully saturated rings. The molecule has 0 radical (unpaired) electrons. The Morgan fingerprint density at radius 1 is 1.00 bits per heavy atom. The Labute approximate surface area is 168 Å². The maximum Gasteiger partial charge on any atom is 0.349 e. The Hall–Kier alpha value is -3.28. The summed E-state index contributed by atoms with van der Waals surface area (Å²) in [7, 11) is 0. The summed E-state index contributed by atoms with van der Waals surface area (Å²) in [4.78, 5) is 35.1. The highest BCUT2D eigenvalue weighted by atomic mass is 16.2. The van der Waals surface area contributed by atoms with Crippen molar-refractivity contribution in [3.05, 3.63) is 80.0 Å². The third-order valence-electron chi connectivity index (χ3n) is 5.14. The van der Waals surface area contributed by atoms with E-state index in [4.69, 9.17) is 0 Å². The lowest BCUT2D eigenvalue weighted by molar-refractivity contribution is 0.648. The maximum atomic E-state index is 12.4. The zero-order valence-electron chi connectivity index (χ0n) is 16.7. The fourth-order valence-corrected chi connectivity index (χ4v) is 3.82. The van der Waals surface area contributed by atoms with Crippen LogP contribution in [0, 0.1) is 6.92 Å². The van der Waals surface area contributed by atoms with Gasteiger partial charge in [0.05, 0.1) is 11.0 Å². The van der Waals surface area contributed by atoms with Crippen LogP contribution in [-0.4, -0.2) is 19.5 Å². The summed E-state index contributed by atoms with van der Waals surface area (Å²) in [5, 5.41) is 0. The average Bonchev–Trinajstić information content (AvgIpc) is 2.68. The quantitative estimate of drug-likeness (QED) is 0.513. The van der Waals surface area contributed by atoms with Crippen molar-refractivity contribution in [3.63, 3.8) is 0 Å². The van der Waals surface area contributed by atoms with Gasteiger partial charge in [0.1, 0.15) is 0 Å². The molecule has 0 aliphatic carbocycles. The number of aryl methyl sites for hydroxylation is 4. The molecule has 6 heteroatoms. The fourth-order valence-electron chi connectivity index (χ4n) is 3.82. The van der Waals surface area contributed by atoms with Crippen molar-refractivity contribution in [1.29, 1.82) is 0 Å². The summed E-state index contributed by atoms with van der Waals surface area (Å²) in [5.74, 6) is 0.346. The minimum atomic E-state index is -0.640. The van der Waals surface area contributed by atoms with Crippen LogP contribution in [0.15, 0.2) is 52.1 Å². The number of rotatable bonds is 6. The Morgan fingerprint density at radius 2 is 1.83 bits per heavy atom. The number of aromatic nitrogens is 4. The molecule has 6 nitrogen and oxygen atoms in total. The van der Waals surface area contributed by atoms with Gasteiger partial charge < -0.3 is 4.57 Å². The second-order valence-electron chi connectivity index (χ2n) is 7.47.